The van der Waals surface area contributed by atoms with Gasteiger partial charge in [-0.25, -0.2) is 8.83 Å². The van der Waals surface area contributed by atoms with E-state index in [2.05, 4.69) is 0 Å². The Labute approximate surface area is 247 Å². The van der Waals surface area contributed by atoms with Crippen LogP contribution in [0.2, 0.25) is 0 Å². The summed E-state index contributed by atoms with van der Waals surface area (Å²) in [4.78, 5) is 0. The molecule has 0 saturated heterocycles. The van der Waals surface area contributed by atoms with E-state index in [-0.39, 0.29) is 103 Å². The fourth-order valence-electron chi connectivity index (χ4n) is 4.13. The van der Waals surface area contributed by atoms with E-state index >= 15 is 0 Å². The number of hydrogen-bond acceptors (Lipinski definition) is 10. The van der Waals surface area contributed by atoms with Crippen LogP contribution in [0.1, 0.15) is 0 Å². The van der Waals surface area contributed by atoms with Crippen molar-refractivity contribution in [3.63, 3.8) is 0 Å². The molecule has 12 nitrogen and oxygen atoms in total. The second kappa shape index (κ2) is 11.5. The number of rotatable bonds is 2. The summed E-state index contributed by atoms with van der Waals surface area (Å²) in [7, 11) is 0. The molecule has 0 unspecified atom stereocenters. The lowest BCUT2D eigenvalue weighted by Gasteiger charge is -2.01. The molecule has 0 fully saturated rings. The minimum absolute atomic E-state index is 0. The van der Waals surface area contributed by atoms with Gasteiger partial charge in [0, 0.05) is 36.4 Å². The second-order valence-corrected chi connectivity index (χ2v) is 9.08. The number of benzene rings is 4. The first-order valence-electron chi connectivity index (χ1n) is 12.0. The molecule has 43 heavy (non-hydrogen) atoms. The molecule has 0 spiro atoms. The largest absolute Gasteiger partial charge is 0.507 e. The van der Waals surface area contributed by atoms with Gasteiger partial charge in [0.1, 0.15) is 33.8 Å². The summed E-state index contributed by atoms with van der Waals surface area (Å²) in [5.74, 6) is -2.60. The van der Waals surface area contributed by atoms with Gasteiger partial charge in [0.15, 0.2) is 23.0 Å². The zero-order valence-corrected chi connectivity index (χ0v) is 22.4. The summed E-state index contributed by atoms with van der Waals surface area (Å²) >= 11 is 0. The maximum Gasteiger partial charge on any atom is 0.402 e. The van der Waals surface area contributed by atoms with Crippen molar-refractivity contribution in [1.82, 2.24) is 0 Å². The Morgan fingerprint density at radius 2 is 0.721 bits per heavy atom. The van der Waals surface area contributed by atoms with Crippen molar-refractivity contribution < 1.29 is 59.9 Å². The highest BCUT2D eigenvalue weighted by atomic mass is 35.5. The number of phenols is 8. The fourth-order valence-corrected chi connectivity index (χ4v) is 4.13. The third-order valence-corrected chi connectivity index (χ3v) is 6.14. The van der Waals surface area contributed by atoms with Gasteiger partial charge < -0.3 is 51.1 Å². The summed E-state index contributed by atoms with van der Waals surface area (Å²) < 4.78 is 10.9. The van der Waals surface area contributed by atoms with Crippen LogP contribution in [-0.4, -0.2) is 51.1 Å². The smallest absolute Gasteiger partial charge is 0.402 e. The molecule has 6 aromatic rings. The molecule has 2 aromatic heterocycles. The van der Waals surface area contributed by atoms with Crippen molar-refractivity contribution in [3.8, 4) is 80.1 Å². The van der Waals surface area contributed by atoms with E-state index in [0.29, 0.717) is 11.1 Å². The van der Waals surface area contributed by atoms with Crippen LogP contribution in [0, 0.1) is 0 Å². The van der Waals surface area contributed by atoms with Gasteiger partial charge in [-0.05, 0) is 24.3 Å². The van der Waals surface area contributed by atoms with Crippen molar-refractivity contribution >= 4 is 34.3 Å². The number of phenolic OH excluding ortho intramolecular Hbond substituents is 8. The number of fused-ring (bicyclic) bond motifs is 2. The molecular formula is C30H23ClO12+2. The zero-order valence-electron chi connectivity index (χ0n) is 21.6. The van der Waals surface area contributed by atoms with E-state index in [1.807, 2.05) is 0 Å². The van der Waals surface area contributed by atoms with Crippen molar-refractivity contribution in [2.45, 2.75) is 0 Å². The Bertz CT molecular complexity index is 1860. The van der Waals surface area contributed by atoms with Crippen LogP contribution in [0.15, 0.2) is 81.6 Å². The van der Waals surface area contributed by atoms with E-state index < -0.39 is 0 Å². The molecule has 10 N–H and O–H groups in total. The lowest BCUT2D eigenvalue weighted by atomic mass is 10.1. The minimum Gasteiger partial charge on any atom is -0.507 e. The normalized spacial score (nSPS) is 10.6. The Balaban J connectivity index is 0.000000192. The van der Waals surface area contributed by atoms with Crippen molar-refractivity contribution in [3.05, 3.63) is 72.8 Å². The van der Waals surface area contributed by atoms with E-state index in [4.69, 9.17) is 8.83 Å². The molecule has 6 rings (SSSR count). The molecule has 220 valence electrons. The quantitative estimate of drug-likeness (QED) is 0.0776. The maximum atomic E-state index is 10.0. The first-order valence-corrected chi connectivity index (χ1v) is 12.0. The van der Waals surface area contributed by atoms with Gasteiger partial charge >= 0.3 is 22.7 Å². The first-order chi connectivity index (χ1) is 19.9. The molecule has 0 amide bonds. The van der Waals surface area contributed by atoms with E-state index in [0.717, 1.165) is 12.1 Å². The van der Waals surface area contributed by atoms with Gasteiger partial charge in [-0.2, -0.15) is 0 Å². The molecule has 0 aliphatic heterocycles. The van der Waals surface area contributed by atoms with E-state index in [1.165, 1.54) is 60.7 Å². The van der Waals surface area contributed by atoms with E-state index in [1.54, 1.807) is 0 Å². The Kier molecular flexibility index (Phi) is 7.99. The van der Waals surface area contributed by atoms with Crippen molar-refractivity contribution in [2.75, 3.05) is 0 Å². The summed E-state index contributed by atoms with van der Waals surface area (Å²) in [5, 5.41) is 96.4. The highest BCUT2D eigenvalue weighted by molar-refractivity contribution is 5.89. The Morgan fingerprint density at radius 3 is 1.07 bits per heavy atom. The summed E-state index contributed by atoms with van der Waals surface area (Å²) in [6.45, 7) is 0. The monoisotopic (exact) mass is 610 g/mol. The molecule has 0 aliphatic carbocycles. The van der Waals surface area contributed by atoms with Gasteiger partial charge in [0.2, 0.25) is 11.5 Å². The maximum absolute atomic E-state index is 10.0. The standard InChI is InChI=1S/2C15H10O6.ClH/c2*16-8-4-11(18)9-6-13(20)15(21-14(9)5-8)7-1-2-10(17)12(19)3-7;/h2*1-6H,(H4-,16,17,18,19,20);1H/p+2. The van der Waals surface area contributed by atoms with Crippen LogP contribution in [-0.2, 0) is 0 Å². The first kappa shape index (κ1) is 30.0. The summed E-state index contributed by atoms with van der Waals surface area (Å²) in [6, 6.07) is 15.3. The average molecular weight is 611 g/mol. The summed E-state index contributed by atoms with van der Waals surface area (Å²) in [5.41, 5.74) is 0.973. The van der Waals surface area contributed by atoms with Gasteiger partial charge in [-0.3, -0.25) is 0 Å². The fraction of sp³-hybridized carbons (Fsp3) is 0. The average Bonchev–Trinajstić information content (AvgIpc) is 2.92. The molecule has 0 radical (unpaired) electrons. The molecule has 13 heteroatoms. The molecule has 4 aromatic carbocycles. The lowest BCUT2D eigenvalue weighted by molar-refractivity contribution is 0.403. The highest BCUT2D eigenvalue weighted by Gasteiger charge is 2.26. The SMILES string of the molecule is Cl.Oc1cc(O)c2cc(O)c(-c3ccc(O)c(O)c3)[o+]c2c1.Oc1cc(O)c2cc(O)c(-c3ccc(O)c(O)c3)[o+]c2c1. The second-order valence-electron chi connectivity index (χ2n) is 9.08. The highest BCUT2D eigenvalue weighted by Crippen LogP contribution is 2.42. The van der Waals surface area contributed by atoms with Crippen LogP contribution in [0.3, 0.4) is 0 Å². The molecule has 0 saturated carbocycles. The van der Waals surface area contributed by atoms with Crippen molar-refractivity contribution in [2.24, 2.45) is 0 Å². The third kappa shape index (κ3) is 5.89. The van der Waals surface area contributed by atoms with Crippen LogP contribution >= 0.6 is 12.4 Å². The van der Waals surface area contributed by atoms with E-state index in [9.17, 15) is 51.1 Å². The Hall–Kier alpha value is -6.01. The van der Waals surface area contributed by atoms with Gasteiger partial charge in [-0.1, -0.05) is 0 Å². The molecule has 0 aliphatic rings. The van der Waals surface area contributed by atoms with Gasteiger partial charge in [0.05, 0.1) is 23.3 Å². The predicted molar refractivity (Wildman–Crippen MR) is 156 cm³/mol. The molecule has 0 atom stereocenters. The third-order valence-electron chi connectivity index (χ3n) is 6.14. The van der Waals surface area contributed by atoms with Gasteiger partial charge in [0.25, 0.3) is 0 Å². The van der Waals surface area contributed by atoms with Crippen LogP contribution in [0.5, 0.6) is 57.5 Å². The van der Waals surface area contributed by atoms with Crippen LogP contribution in [0.25, 0.3) is 44.6 Å². The minimum atomic E-state index is -0.360. The van der Waals surface area contributed by atoms with Crippen molar-refractivity contribution in [1.29, 1.82) is 0 Å². The van der Waals surface area contributed by atoms with Crippen LogP contribution in [0.4, 0.5) is 0 Å². The topological polar surface area (TPSA) is 225 Å². The molecular weight excluding hydrogens is 588 g/mol. The summed E-state index contributed by atoms with van der Waals surface area (Å²) in [6.07, 6.45) is 0. The van der Waals surface area contributed by atoms with Gasteiger partial charge in [-0.15, -0.1) is 12.4 Å². The lowest BCUT2D eigenvalue weighted by Crippen LogP contribution is -1.83. The molecule has 2 heterocycles. The number of aromatic hydroxyl groups is 10. The zero-order chi connectivity index (χ0) is 30.3. The predicted octanol–water partition coefficient (Wildman–Crippen LogP) is 6.24. The van der Waals surface area contributed by atoms with Crippen LogP contribution < -0.4 is 0 Å². The molecule has 0 bridgehead atoms. The Morgan fingerprint density at radius 1 is 0.349 bits per heavy atom. The number of halogens is 1. The number of hydrogen-bond donors (Lipinski definition) is 10.